The van der Waals surface area contributed by atoms with E-state index in [0.717, 1.165) is 22.3 Å². The van der Waals surface area contributed by atoms with Crippen LogP contribution in [-0.4, -0.2) is 73.8 Å². The minimum atomic E-state index is -4.23. The van der Waals surface area contributed by atoms with Crippen LogP contribution >= 0.6 is 0 Å². The van der Waals surface area contributed by atoms with Crippen LogP contribution < -0.4 is 10.1 Å². The average molecular weight is 569 g/mol. The fraction of sp³-hybridized carbons (Fsp3) is 0.517. The summed E-state index contributed by atoms with van der Waals surface area (Å²) in [6, 6.07) is 10.4. The molecule has 0 aliphatic rings. The molecule has 1 unspecified atom stereocenters. The van der Waals surface area contributed by atoms with Crippen molar-refractivity contribution in [1.29, 1.82) is 0 Å². The summed E-state index contributed by atoms with van der Waals surface area (Å²) >= 11 is 0. The van der Waals surface area contributed by atoms with E-state index >= 15 is 0 Å². The number of hydrogen-bond donors (Lipinski definition) is 2. The highest BCUT2D eigenvalue weighted by atomic mass is 19.4. The van der Waals surface area contributed by atoms with Gasteiger partial charge in [0.25, 0.3) is 0 Å². The molecule has 0 aliphatic heterocycles. The molecule has 2 aromatic rings. The number of aliphatic carboxylic acids is 1. The largest absolute Gasteiger partial charge is 0.492 e. The second-order valence-corrected chi connectivity index (χ2v) is 9.48. The number of ether oxygens (including phenoxy) is 3. The van der Waals surface area contributed by atoms with E-state index in [4.69, 9.17) is 14.2 Å². The smallest absolute Gasteiger partial charge is 0.389 e. The van der Waals surface area contributed by atoms with Crippen molar-refractivity contribution < 1.29 is 42.1 Å². The van der Waals surface area contributed by atoms with Crippen LogP contribution in [0.5, 0.6) is 5.75 Å². The predicted molar refractivity (Wildman–Crippen MR) is 146 cm³/mol. The third kappa shape index (κ3) is 11.8. The highest BCUT2D eigenvalue weighted by Gasteiger charge is 2.26. The Bertz CT molecular complexity index is 1090. The topological polar surface area (TPSA) is 97.3 Å². The number of nitrogens with zero attached hydrogens (tertiary/aromatic N) is 1. The maximum atomic E-state index is 13.1. The summed E-state index contributed by atoms with van der Waals surface area (Å²) in [5, 5.41) is 12.2. The molecule has 0 radical (unpaired) electrons. The Morgan fingerprint density at radius 1 is 0.975 bits per heavy atom. The lowest BCUT2D eigenvalue weighted by Gasteiger charge is -2.24. The van der Waals surface area contributed by atoms with E-state index < -0.39 is 24.7 Å². The van der Waals surface area contributed by atoms with E-state index in [0.29, 0.717) is 18.0 Å². The van der Waals surface area contributed by atoms with Crippen LogP contribution in [-0.2, 0) is 20.7 Å². The number of alkyl halides is 3. The van der Waals surface area contributed by atoms with Crippen LogP contribution in [0.1, 0.15) is 42.0 Å². The standard InChI is InChI=1S/C29H39F3N2O6/c1-5-39-26(27(35)36)19-23-7-9-24(10-8-23)40-16-13-34(12-15-38-14-6-11-29(30,31)32)28(37)33-25-18-21(3)20(2)17-22(25)4/h7-10,17-18,26H,5-6,11-16,19H2,1-4H3,(H,33,37)(H,35,36). The number of carbonyl (C=O) groups is 2. The number of carboxylic acids is 1. The van der Waals surface area contributed by atoms with Crippen molar-refractivity contribution >= 4 is 17.7 Å². The molecule has 0 saturated heterocycles. The number of aryl methyl sites for hydroxylation is 3. The summed E-state index contributed by atoms with van der Waals surface area (Å²) in [6.07, 6.45) is -6.00. The van der Waals surface area contributed by atoms with Crippen molar-refractivity contribution in [1.82, 2.24) is 4.90 Å². The number of carboxylic acid groups (broad SMARTS) is 1. The van der Waals surface area contributed by atoms with Gasteiger partial charge in [-0.15, -0.1) is 0 Å². The first kappa shape index (κ1) is 32.9. The first-order chi connectivity index (χ1) is 18.9. The van der Waals surface area contributed by atoms with Gasteiger partial charge in [-0.25, -0.2) is 9.59 Å². The summed E-state index contributed by atoms with van der Waals surface area (Å²) in [4.78, 5) is 25.9. The number of benzene rings is 2. The number of nitrogens with one attached hydrogen (secondary N) is 1. The number of amides is 2. The van der Waals surface area contributed by atoms with Crippen LogP contribution in [0.2, 0.25) is 0 Å². The molecule has 0 spiro atoms. The maximum absolute atomic E-state index is 13.1. The lowest BCUT2D eigenvalue weighted by Crippen LogP contribution is -2.40. The maximum Gasteiger partial charge on any atom is 0.389 e. The number of hydrogen-bond acceptors (Lipinski definition) is 5. The molecule has 8 nitrogen and oxygen atoms in total. The molecule has 40 heavy (non-hydrogen) atoms. The number of carbonyl (C=O) groups excluding carboxylic acids is 1. The van der Waals surface area contributed by atoms with Gasteiger partial charge in [0.05, 0.1) is 13.2 Å². The van der Waals surface area contributed by atoms with Crippen LogP contribution in [0.4, 0.5) is 23.7 Å². The second-order valence-electron chi connectivity index (χ2n) is 9.48. The minimum Gasteiger partial charge on any atom is -0.492 e. The SMILES string of the molecule is CCOC(Cc1ccc(OCCN(CCOCCCC(F)(F)F)C(=O)Nc2cc(C)c(C)cc2C)cc1)C(=O)O. The van der Waals surface area contributed by atoms with Gasteiger partial charge in [0.1, 0.15) is 12.4 Å². The molecule has 2 amide bonds. The molecule has 222 valence electrons. The monoisotopic (exact) mass is 568 g/mol. The Balaban J connectivity index is 1.96. The highest BCUT2D eigenvalue weighted by Crippen LogP contribution is 2.22. The van der Waals surface area contributed by atoms with Gasteiger partial charge in [-0.1, -0.05) is 18.2 Å². The molecular formula is C29H39F3N2O6. The Labute approximate surface area is 233 Å². The lowest BCUT2D eigenvalue weighted by atomic mass is 10.1. The minimum absolute atomic E-state index is 0.0554. The average Bonchev–Trinajstić information content (AvgIpc) is 2.88. The predicted octanol–water partition coefficient (Wildman–Crippen LogP) is 5.92. The quantitative estimate of drug-likeness (QED) is 0.244. The van der Waals surface area contributed by atoms with Gasteiger partial charge >= 0.3 is 18.2 Å². The lowest BCUT2D eigenvalue weighted by molar-refractivity contribution is -0.150. The third-order valence-electron chi connectivity index (χ3n) is 6.24. The van der Waals surface area contributed by atoms with Crippen LogP contribution in [0.25, 0.3) is 0 Å². The molecule has 0 aromatic heterocycles. The zero-order valence-electron chi connectivity index (χ0n) is 23.5. The number of halogens is 3. The van der Waals surface area contributed by atoms with Crippen LogP contribution in [0.3, 0.4) is 0 Å². The van der Waals surface area contributed by atoms with Gasteiger partial charge in [0.2, 0.25) is 0 Å². The van der Waals surface area contributed by atoms with Crippen molar-refractivity contribution in [3.8, 4) is 5.75 Å². The summed E-state index contributed by atoms with van der Waals surface area (Å²) in [7, 11) is 0. The summed E-state index contributed by atoms with van der Waals surface area (Å²) in [5.41, 5.74) is 4.50. The first-order valence-electron chi connectivity index (χ1n) is 13.2. The van der Waals surface area contributed by atoms with Gasteiger partial charge in [-0.2, -0.15) is 13.2 Å². The fourth-order valence-electron chi connectivity index (χ4n) is 3.88. The molecule has 0 saturated carbocycles. The highest BCUT2D eigenvalue weighted by molar-refractivity contribution is 5.90. The van der Waals surface area contributed by atoms with E-state index in [1.165, 1.54) is 4.90 Å². The van der Waals surface area contributed by atoms with Gasteiger partial charge < -0.3 is 29.5 Å². The Morgan fingerprint density at radius 2 is 1.62 bits per heavy atom. The molecule has 0 aliphatic carbocycles. The van der Waals surface area contributed by atoms with Crippen molar-refractivity contribution in [3.63, 3.8) is 0 Å². The van der Waals surface area contributed by atoms with E-state index in [1.54, 1.807) is 31.2 Å². The molecule has 2 aromatic carbocycles. The molecule has 2 rings (SSSR count). The molecule has 0 heterocycles. The Morgan fingerprint density at radius 3 is 2.25 bits per heavy atom. The zero-order chi connectivity index (χ0) is 29.7. The van der Waals surface area contributed by atoms with Gasteiger partial charge in [0, 0.05) is 38.3 Å². The molecule has 0 bridgehead atoms. The van der Waals surface area contributed by atoms with Crippen LogP contribution in [0.15, 0.2) is 36.4 Å². The van der Waals surface area contributed by atoms with Crippen molar-refractivity contribution in [2.75, 3.05) is 44.8 Å². The van der Waals surface area contributed by atoms with Crippen molar-refractivity contribution in [2.24, 2.45) is 0 Å². The van der Waals surface area contributed by atoms with Crippen LogP contribution in [0, 0.1) is 20.8 Å². The Hall–Kier alpha value is -3.31. The molecule has 11 heteroatoms. The molecular weight excluding hydrogens is 529 g/mol. The van der Waals surface area contributed by atoms with Gasteiger partial charge in [-0.05, 0) is 74.6 Å². The Kier molecular flexibility index (Phi) is 13.2. The van der Waals surface area contributed by atoms with Crippen molar-refractivity contribution in [2.45, 2.75) is 59.2 Å². The van der Waals surface area contributed by atoms with E-state index in [1.807, 2.05) is 32.9 Å². The third-order valence-corrected chi connectivity index (χ3v) is 6.24. The summed E-state index contributed by atoms with van der Waals surface area (Å²) in [5.74, 6) is -0.485. The fourth-order valence-corrected chi connectivity index (χ4v) is 3.88. The van der Waals surface area contributed by atoms with E-state index in [-0.39, 0.29) is 51.8 Å². The molecule has 2 N–H and O–H groups in total. The number of urea groups is 1. The van der Waals surface area contributed by atoms with Gasteiger partial charge in [0.15, 0.2) is 6.10 Å². The number of rotatable bonds is 16. The normalized spacial score (nSPS) is 12.2. The summed E-state index contributed by atoms with van der Waals surface area (Å²) in [6.45, 7) is 8.42. The second kappa shape index (κ2) is 16.1. The summed E-state index contributed by atoms with van der Waals surface area (Å²) < 4.78 is 53.4. The number of anilines is 1. The molecule has 1 atom stereocenters. The van der Waals surface area contributed by atoms with Gasteiger partial charge in [-0.3, -0.25) is 0 Å². The van der Waals surface area contributed by atoms with E-state index in [9.17, 15) is 27.9 Å². The first-order valence-corrected chi connectivity index (χ1v) is 13.2. The van der Waals surface area contributed by atoms with E-state index in [2.05, 4.69) is 5.32 Å². The van der Waals surface area contributed by atoms with Crippen molar-refractivity contribution in [3.05, 3.63) is 58.7 Å². The molecule has 0 fully saturated rings. The zero-order valence-corrected chi connectivity index (χ0v) is 23.5.